The lowest BCUT2D eigenvalue weighted by atomic mass is 9.93. The molecule has 0 bridgehead atoms. The van der Waals surface area contributed by atoms with Gasteiger partial charge in [-0.05, 0) is 23.3 Å². The second-order valence-electron chi connectivity index (χ2n) is 6.31. The highest BCUT2D eigenvalue weighted by Gasteiger charge is 2.34. The van der Waals surface area contributed by atoms with Crippen molar-refractivity contribution in [2.45, 2.75) is 30.3 Å². The van der Waals surface area contributed by atoms with E-state index in [9.17, 15) is 23.1 Å². The van der Waals surface area contributed by atoms with E-state index in [1.165, 1.54) is 17.0 Å². The van der Waals surface area contributed by atoms with Gasteiger partial charge in [-0.25, -0.2) is 17.9 Å². The molecule has 1 aliphatic rings. The molecule has 0 radical (unpaired) electrons. The number of hydrogen-bond acceptors (Lipinski definition) is 4. The third-order valence-electron chi connectivity index (χ3n) is 4.54. The molecule has 0 fully saturated rings. The molecule has 7 nitrogen and oxygen atoms in total. The topological polar surface area (TPSA) is 104 Å². The highest BCUT2D eigenvalue weighted by molar-refractivity contribution is 7.89. The normalized spacial score (nSPS) is 16.6. The minimum atomic E-state index is -3.70. The van der Waals surface area contributed by atoms with Gasteiger partial charge < -0.3 is 10.0 Å². The molecule has 3 rings (SSSR count). The van der Waals surface area contributed by atoms with Crippen LogP contribution < -0.4 is 4.72 Å². The molecule has 1 unspecified atom stereocenters. The SMILES string of the molecule is O=C(O)C1Cc2ccccc2CN1C(=O)CCNS(=O)(=O)c1ccccc1. The Labute approximate surface area is 157 Å². The Morgan fingerprint density at radius 2 is 1.67 bits per heavy atom. The van der Waals surface area contributed by atoms with Crippen molar-refractivity contribution in [1.82, 2.24) is 9.62 Å². The number of nitrogens with zero attached hydrogens (tertiary/aromatic N) is 1. The second-order valence-corrected chi connectivity index (χ2v) is 8.08. The van der Waals surface area contributed by atoms with Crippen LogP contribution in [-0.2, 0) is 32.6 Å². The molecule has 2 aromatic rings. The molecule has 2 N–H and O–H groups in total. The molecule has 1 heterocycles. The Morgan fingerprint density at radius 1 is 1.04 bits per heavy atom. The third-order valence-corrected chi connectivity index (χ3v) is 6.02. The Hall–Kier alpha value is -2.71. The number of carbonyl (C=O) groups excluding carboxylic acids is 1. The Kier molecular flexibility index (Phi) is 5.57. The number of fused-ring (bicyclic) bond motifs is 1. The van der Waals surface area contributed by atoms with Crippen molar-refractivity contribution < 1.29 is 23.1 Å². The number of nitrogens with one attached hydrogen (secondary N) is 1. The summed E-state index contributed by atoms with van der Waals surface area (Å²) in [5.74, 6) is -1.46. The largest absolute Gasteiger partial charge is 0.480 e. The molecule has 1 atom stereocenters. The summed E-state index contributed by atoms with van der Waals surface area (Å²) < 4.78 is 26.8. The maximum absolute atomic E-state index is 12.6. The van der Waals surface area contributed by atoms with Crippen molar-refractivity contribution in [3.05, 3.63) is 65.7 Å². The molecular weight excluding hydrogens is 368 g/mol. The van der Waals surface area contributed by atoms with Gasteiger partial charge in [-0.15, -0.1) is 0 Å². The minimum absolute atomic E-state index is 0.0967. The highest BCUT2D eigenvalue weighted by atomic mass is 32.2. The van der Waals surface area contributed by atoms with Crippen molar-refractivity contribution in [2.75, 3.05) is 6.54 Å². The zero-order chi connectivity index (χ0) is 19.4. The van der Waals surface area contributed by atoms with E-state index in [0.29, 0.717) is 0 Å². The smallest absolute Gasteiger partial charge is 0.326 e. The average molecular weight is 388 g/mol. The van der Waals surface area contributed by atoms with Gasteiger partial charge in [0.15, 0.2) is 0 Å². The van der Waals surface area contributed by atoms with Crippen LogP contribution in [0, 0.1) is 0 Å². The number of aliphatic carboxylic acids is 1. The lowest BCUT2D eigenvalue weighted by Gasteiger charge is -2.34. The molecule has 0 saturated carbocycles. The van der Waals surface area contributed by atoms with E-state index in [-0.39, 0.29) is 30.8 Å². The molecule has 0 saturated heterocycles. The number of rotatable bonds is 6. The predicted octanol–water partition coefficient (Wildman–Crippen LogP) is 1.39. The van der Waals surface area contributed by atoms with E-state index in [2.05, 4.69) is 4.72 Å². The Morgan fingerprint density at radius 3 is 2.33 bits per heavy atom. The number of sulfonamides is 1. The van der Waals surface area contributed by atoms with Crippen molar-refractivity contribution in [3.8, 4) is 0 Å². The highest BCUT2D eigenvalue weighted by Crippen LogP contribution is 2.24. The number of carbonyl (C=O) groups is 2. The van der Waals surface area contributed by atoms with Gasteiger partial charge in [-0.3, -0.25) is 4.79 Å². The average Bonchev–Trinajstić information content (AvgIpc) is 2.67. The summed E-state index contributed by atoms with van der Waals surface area (Å²) in [5, 5.41) is 9.48. The summed E-state index contributed by atoms with van der Waals surface area (Å²) >= 11 is 0. The lowest BCUT2D eigenvalue weighted by molar-refractivity contribution is -0.151. The van der Waals surface area contributed by atoms with Gasteiger partial charge in [0.05, 0.1) is 4.90 Å². The minimum Gasteiger partial charge on any atom is -0.480 e. The van der Waals surface area contributed by atoms with Crippen molar-refractivity contribution in [2.24, 2.45) is 0 Å². The first kappa shape index (κ1) is 19.1. The first-order chi connectivity index (χ1) is 12.9. The van der Waals surface area contributed by atoms with Crippen LogP contribution in [0.5, 0.6) is 0 Å². The van der Waals surface area contributed by atoms with Gasteiger partial charge in [0.1, 0.15) is 6.04 Å². The van der Waals surface area contributed by atoms with Crippen molar-refractivity contribution in [1.29, 1.82) is 0 Å². The number of amides is 1. The van der Waals surface area contributed by atoms with E-state index in [4.69, 9.17) is 0 Å². The standard InChI is InChI=1S/C19H20N2O5S/c22-18(10-11-20-27(25,26)16-8-2-1-3-9-16)21-13-15-7-5-4-6-14(15)12-17(21)19(23)24/h1-9,17,20H,10-13H2,(H,23,24). The third kappa shape index (κ3) is 4.35. The summed E-state index contributed by atoms with van der Waals surface area (Å²) in [6.45, 7) is 0.109. The molecular formula is C19H20N2O5S. The van der Waals surface area contributed by atoms with Gasteiger partial charge in [0.25, 0.3) is 0 Å². The fourth-order valence-corrected chi connectivity index (χ4v) is 4.18. The maximum atomic E-state index is 12.6. The van der Waals surface area contributed by atoms with Gasteiger partial charge in [0.2, 0.25) is 15.9 Å². The first-order valence-electron chi connectivity index (χ1n) is 8.52. The van der Waals surface area contributed by atoms with Gasteiger partial charge >= 0.3 is 5.97 Å². The van der Waals surface area contributed by atoms with Gasteiger partial charge in [0, 0.05) is 25.9 Å². The Bertz CT molecular complexity index is 944. The number of carboxylic acids is 1. The molecule has 142 valence electrons. The van der Waals surface area contributed by atoms with Crippen molar-refractivity contribution >= 4 is 21.9 Å². The fourth-order valence-electron chi connectivity index (χ4n) is 3.12. The van der Waals surface area contributed by atoms with Gasteiger partial charge in [-0.1, -0.05) is 42.5 Å². The monoisotopic (exact) mass is 388 g/mol. The zero-order valence-electron chi connectivity index (χ0n) is 14.5. The summed E-state index contributed by atoms with van der Waals surface area (Å²) in [4.78, 5) is 25.6. The van der Waals surface area contributed by atoms with E-state index >= 15 is 0 Å². The Balaban J connectivity index is 1.65. The van der Waals surface area contributed by atoms with E-state index < -0.39 is 27.9 Å². The second kappa shape index (κ2) is 7.89. The van der Waals surface area contributed by atoms with Crippen LogP contribution in [0.4, 0.5) is 0 Å². The maximum Gasteiger partial charge on any atom is 0.326 e. The summed E-state index contributed by atoms with van der Waals surface area (Å²) in [7, 11) is -3.70. The van der Waals surface area contributed by atoms with Gasteiger partial charge in [-0.2, -0.15) is 0 Å². The number of hydrogen-bond donors (Lipinski definition) is 2. The van der Waals surface area contributed by atoms with Crippen LogP contribution in [0.2, 0.25) is 0 Å². The first-order valence-corrected chi connectivity index (χ1v) is 10.0. The lowest BCUT2D eigenvalue weighted by Crippen LogP contribution is -2.49. The van der Waals surface area contributed by atoms with Crippen LogP contribution in [-0.4, -0.2) is 42.9 Å². The van der Waals surface area contributed by atoms with Crippen LogP contribution in [0.25, 0.3) is 0 Å². The zero-order valence-corrected chi connectivity index (χ0v) is 15.4. The van der Waals surface area contributed by atoms with Crippen LogP contribution >= 0.6 is 0 Å². The summed E-state index contributed by atoms with van der Waals surface area (Å²) in [5.41, 5.74) is 1.83. The molecule has 8 heteroatoms. The van der Waals surface area contributed by atoms with E-state index in [1.807, 2.05) is 24.3 Å². The molecule has 0 aliphatic carbocycles. The van der Waals surface area contributed by atoms with Crippen molar-refractivity contribution in [3.63, 3.8) is 0 Å². The van der Waals surface area contributed by atoms with Crippen LogP contribution in [0.15, 0.2) is 59.5 Å². The molecule has 1 amide bonds. The molecule has 0 spiro atoms. The molecule has 0 aromatic heterocycles. The summed E-state index contributed by atoms with van der Waals surface area (Å²) in [6.07, 6.45) is 0.130. The molecule has 1 aliphatic heterocycles. The van der Waals surface area contributed by atoms with Crippen LogP contribution in [0.3, 0.4) is 0 Å². The van der Waals surface area contributed by atoms with E-state index in [1.54, 1.807) is 18.2 Å². The van der Waals surface area contributed by atoms with Crippen LogP contribution in [0.1, 0.15) is 17.5 Å². The summed E-state index contributed by atoms with van der Waals surface area (Å²) in [6, 6.07) is 14.3. The molecule has 27 heavy (non-hydrogen) atoms. The number of benzene rings is 2. The number of carboxylic acid groups (broad SMARTS) is 1. The predicted molar refractivity (Wildman–Crippen MR) is 98.4 cm³/mol. The quantitative estimate of drug-likeness (QED) is 0.778. The van der Waals surface area contributed by atoms with E-state index in [0.717, 1.165) is 11.1 Å². The molecule has 2 aromatic carbocycles. The fraction of sp³-hybridized carbons (Fsp3) is 0.263.